The Labute approximate surface area is 106 Å². The minimum Gasteiger partial charge on any atom is -0.870 e. The molecule has 0 radical (unpaired) electrons. The molecule has 0 saturated carbocycles. The molecule has 0 aliphatic heterocycles. The molecule has 1 aromatic heterocycles. The van der Waals surface area contributed by atoms with Crippen molar-refractivity contribution in [2.45, 2.75) is 64.8 Å². The molecule has 0 unspecified atom stereocenters. The monoisotopic (exact) mass is 240 g/mol. The third kappa shape index (κ3) is 7.97. The highest BCUT2D eigenvalue weighted by Crippen LogP contribution is 2.08. The highest BCUT2D eigenvalue weighted by molar-refractivity contribution is 4.65. The van der Waals surface area contributed by atoms with Gasteiger partial charge in [0.2, 0.25) is 6.33 Å². The van der Waals surface area contributed by atoms with E-state index >= 15 is 0 Å². The third-order valence-corrected chi connectivity index (χ3v) is 3.09. The predicted molar refractivity (Wildman–Crippen MR) is 70.2 cm³/mol. The summed E-state index contributed by atoms with van der Waals surface area (Å²) in [5.74, 6) is 0. The minimum absolute atomic E-state index is 0. The van der Waals surface area contributed by atoms with E-state index in [1.165, 1.54) is 57.9 Å². The van der Waals surface area contributed by atoms with Crippen molar-refractivity contribution < 1.29 is 10.0 Å². The van der Waals surface area contributed by atoms with Crippen molar-refractivity contribution in [2.24, 2.45) is 7.05 Å². The van der Waals surface area contributed by atoms with Crippen molar-refractivity contribution in [3.05, 3.63) is 18.7 Å². The molecule has 0 fully saturated rings. The normalized spacial score (nSPS) is 10.2. The maximum absolute atomic E-state index is 2.27. The van der Waals surface area contributed by atoms with Crippen molar-refractivity contribution in [1.82, 2.24) is 4.57 Å². The summed E-state index contributed by atoms with van der Waals surface area (Å²) in [4.78, 5) is 0. The van der Waals surface area contributed by atoms with Gasteiger partial charge in [-0.3, -0.25) is 0 Å². The van der Waals surface area contributed by atoms with Crippen LogP contribution in [-0.2, 0) is 13.6 Å². The Morgan fingerprint density at radius 1 is 0.941 bits per heavy atom. The lowest BCUT2D eigenvalue weighted by molar-refractivity contribution is -0.671. The Morgan fingerprint density at radius 3 is 2.06 bits per heavy atom. The molecule has 17 heavy (non-hydrogen) atoms. The first kappa shape index (κ1) is 16.2. The lowest BCUT2D eigenvalue weighted by Crippen LogP contribution is -2.23. The molecule has 0 bridgehead atoms. The minimum atomic E-state index is 0. The highest BCUT2D eigenvalue weighted by atomic mass is 16.0. The molecule has 0 saturated heterocycles. The van der Waals surface area contributed by atoms with Crippen molar-refractivity contribution in [3.8, 4) is 0 Å². The molecular weight excluding hydrogens is 212 g/mol. The summed E-state index contributed by atoms with van der Waals surface area (Å²) >= 11 is 0. The van der Waals surface area contributed by atoms with Gasteiger partial charge in [0.25, 0.3) is 0 Å². The van der Waals surface area contributed by atoms with Gasteiger partial charge in [0, 0.05) is 0 Å². The zero-order chi connectivity index (χ0) is 11.6. The topological polar surface area (TPSA) is 38.8 Å². The Morgan fingerprint density at radius 2 is 1.53 bits per heavy atom. The van der Waals surface area contributed by atoms with Crippen LogP contribution >= 0.6 is 0 Å². The van der Waals surface area contributed by atoms with E-state index in [1.54, 1.807) is 0 Å². The van der Waals surface area contributed by atoms with Crippen LogP contribution in [0.2, 0.25) is 0 Å². The van der Waals surface area contributed by atoms with Gasteiger partial charge in [0.05, 0.1) is 13.6 Å². The van der Waals surface area contributed by atoms with E-state index in [0.29, 0.717) is 0 Å². The Balaban J connectivity index is 0.00000256. The smallest absolute Gasteiger partial charge is 0.243 e. The molecule has 0 atom stereocenters. The molecule has 100 valence electrons. The van der Waals surface area contributed by atoms with Crippen LogP contribution in [0, 0.1) is 0 Å². The van der Waals surface area contributed by atoms with Gasteiger partial charge in [0.1, 0.15) is 12.4 Å². The van der Waals surface area contributed by atoms with Crippen LogP contribution in [0.4, 0.5) is 0 Å². The number of hydrogen-bond donors (Lipinski definition) is 0. The molecule has 3 heteroatoms. The summed E-state index contributed by atoms with van der Waals surface area (Å²) < 4.78 is 4.38. The van der Waals surface area contributed by atoms with E-state index in [4.69, 9.17) is 0 Å². The number of unbranched alkanes of at least 4 members (excludes halogenated alkanes) is 7. The molecular formula is C14H28N2O. The van der Waals surface area contributed by atoms with Crippen LogP contribution in [0.3, 0.4) is 0 Å². The number of aromatic nitrogens is 2. The molecule has 0 amide bonds. The largest absolute Gasteiger partial charge is 0.870 e. The number of nitrogens with zero attached hydrogens (tertiary/aromatic N) is 2. The number of aryl methyl sites for hydroxylation is 2. The number of imidazole rings is 1. The van der Waals surface area contributed by atoms with Crippen molar-refractivity contribution in [2.75, 3.05) is 0 Å². The zero-order valence-electron chi connectivity index (χ0n) is 11.4. The Hall–Kier alpha value is -0.830. The molecule has 1 rings (SSSR count). The fourth-order valence-corrected chi connectivity index (χ4v) is 2.06. The van der Waals surface area contributed by atoms with Crippen molar-refractivity contribution in [3.63, 3.8) is 0 Å². The van der Waals surface area contributed by atoms with Gasteiger partial charge in [-0.2, -0.15) is 0 Å². The first-order valence-corrected chi connectivity index (χ1v) is 6.84. The molecule has 0 aliphatic rings. The predicted octanol–water partition coefficient (Wildman–Crippen LogP) is 3.28. The first-order valence-electron chi connectivity index (χ1n) is 6.84. The van der Waals surface area contributed by atoms with E-state index in [-0.39, 0.29) is 5.48 Å². The second-order valence-corrected chi connectivity index (χ2v) is 4.79. The Bertz CT molecular complexity index is 271. The molecule has 1 N–H and O–H groups in total. The van der Waals surface area contributed by atoms with E-state index in [2.05, 4.69) is 41.8 Å². The van der Waals surface area contributed by atoms with Crippen LogP contribution in [0.1, 0.15) is 58.3 Å². The molecule has 0 aliphatic carbocycles. The van der Waals surface area contributed by atoms with Gasteiger partial charge in [-0.25, -0.2) is 9.13 Å². The van der Waals surface area contributed by atoms with Crippen LogP contribution < -0.4 is 4.57 Å². The van der Waals surface area contributed by atoms with Gasteiger partial charge in [-0.1, -0.05) is 45.4 Å². The maximum Gasteiger partial charge on any atom is 0.243 e. The van der Waals surface area contributed by atoms with Gasteiger partial charge in [-0.15, -0.1) is 0 Å². The van der Waals surface area contributed by atoms with Crippen LogP contribution in [0.15, 0.2) is 18.7 Å². The third-order valence-electron chi connectivity index (χ3n) is 3.09. The zero-order valence-corrected chi connectivity index (χ0v) is 11.4. The second-order valence-electron chi connectivity index (χ2n) is 4.79. The molecule has 1 heterocycles. The standard InChI is InChI=1S/C14H27N2.H2O/c1-3-4-5-6-7-8-9-10-11-16-13-12-15(2)14-16;/h12-14H,3-11H2,1-2H3;1H2/q+1;/p-1. The van der Waals surface area contributed by atoms with E-state index in [9.17, 15) is 0 Å². The molecule has 1 aromatic rings. The van der Waals surface area contributed by atoms with E-state index in [1.807, 2.05) is 0 Å². The van der Waals surface area contributed by atoms with Gasteiger partial charge in [-0.05, 0) is 12.8 Å². The summed E-state index contributed by atoms with van der Waals surface area (Å²) in [6, 6.07) is 0. The number of rotatable bonds is 9. The number of hydrogen-bond acceptors (Lipinski definition) is 1. The fourth-order valence-electron chi connectivity index (χ4n) is 2.06. The lowest BCUT2D eigenvalue weighted by atomic mass is 10.1. The summed E-state index contributed by atoms with van der Waals surface area (Å²) in [6.45, 7) is 3.45. The summed E-state index contributed by atoms with van der Waals surface area (Å²) in [5.41, 5.74) is 0. The van der Waals surface area contributed by atoms with Crippen LogP contribution in [0.25, 0.3) is 0 Å². The summed E-state index contributed by atoms with van der Waals surface area (Å²) in [6.07, 6.45) is 17.6. The van der Waals surface area contributed by atoms with Crippen molar-refractivity contribution in [1.29, 1.82) is 0 Å². The molecule has 3 nitrogen and oxygen atoms in total. The summed E-state index contributed by atoms with van der Waals surface area (Å²) in [5, 5.41) is 0. The fraction of sp³-hybridized carbons (Fsp3) is 0.786. The maximum atomic E-state index is 2.27. The average molecular weight is 240 g/mol. The van der Waals surface area contributed by atoms with Gasteiger partial charge in [0.15, 0.2) is 0 Å². The van der Waals surface area contributed by atoms with Gasteiger partial charge >= 0.3 is 0 Å². The second kappa shape index (κ2) is 10.3. The summed E-state index contributed by atoms with van der Waals surface area (Å²) in [7, 11) is 2.07. The average Bonchev–Trinajstić information content (AvgIpc) is 2.68. The highest BCUT2D eigenvalue weighted by Gasteiger charge is 1.98. The molecule has 0 spiro atoms. The van der Waals surface area contributed by atoms with Gasteiger partial charge < -0.3 is 5.48 Å². The van der Waals surface area contributed by atoms with Crippen LogP contribution in [-0.4, -0.2) is 10.0 Å². The molecule has 0 aromatic carbocycles. The quantitative estimate of drug-likeness (QED) is 0.482. The SMILES string of the molecule is CCCCCCCCCCn1cc[n+](C)c1.[OH-]. The Kier molecular flexibility index (Phi) is 9.83. The first-order chi connectivity index (χ1) is 7.83. The van der Waals surface area contributed by atoms with E-state index < -0.39 is 0 Å². The van der Waals surface area contributed by atoms with E-state index in [0.717, 1.165) is 0 Å². The lowest BCUT2D eigenvalue weighted by Gasteiger charge is -2.00. The van der Waals surface area contributed by atoms with Crippen molar-refractivity contribution >= 4 is 0 Å². The van der Waals surface area contributed by atoms with Crippen LogP contribution in [0.5, 0.6) is 0 Å².